The van der Waals surface area contributed by atoms with E-state index in [4.69, 9.17) is 4.74 Å². The van der Waals surface area contributed by atoms with Crippen molar-refractivity contribution in [2.45, 2.75) is 31.6 Å². The average molecular weight is 433 g/mol. The zero-order valence-corrected chi connectivity index (χ0v) is 18.3. The predicted octanol–water partition coefficient (Wildman–Crippen LogP) is 3.63. The minimum absolute atomic E-state index is 0.0790. The summed E-state index contributed by atoms with van der Waals surface area (Å²) in [5.41, 5.74) is 1.90. The maximum atomic E-state index is 12.4. The smallest absolute Gasteiger partial charge is 0.248 e. The number of carbonyl (C=O) groups excluding carboxylic acids is 1. The number of amides is 1. The number of fused-ring (bicyclic) bond motifs is 1. The molecule has 8 heteroatoms. The Hall–Kier alpha value is -2.45. The van der Waals surface area contributed by atoms with Crippen molar-refractivity contribution in [1.29, 1.82) is 0 Å². The molecule has 0 radical (unpaired) electrons. The van der Waals surface area contributed by atoms with E-state index in [9.17, 15) is 13.2 Å². The summed E-state index contributed by atoms with van der Waals surface area (Å²) in [6, 6.07) is 12.5. The summed E-state index contributed by atoms with van der Waals surface area (Å²) in [4.78, 5) is 17.4. The molecular formula is C21H24N2O4S2. The van der Waals surface area contributed by atoms with Crippen LogP contribution in [0.25, 0.3) is 10.2 Å². The van der Waals surface area contributed by atoms with Crippen LogP contribution in [0, 0.1) is 6.92 Å². The molecular weight excluding hydrogens is 408 g/mol. The van der Waals surface area contributed by atoms with Gasteiger partial charge in [0, 0.05) is 13.5 Å². The third-order valence-corrected chi connectivity index (χ3v) is 7.40. The molecule has 154 valence electrons. The van der Waals surface area contributed by atoms with Gasteiger partial charge in [0.15, 0.2) is 14.6 Å². The number of hydrogen-bond donors (Lipinski definition) is 0. The van der Waals surface area contributed by atoms with Crippen LogP contribution in [0.2, 0.25) is 0 Å². The highest BCUT2D eigenvalue weighted by Crippen LogP contribution is 2.26. The summed E-state index contributed by atoms with van der Waals surface area (Å²) >= 11 is 1.41. The maximum absolute atomic E-state index is 12.4. The van der Waals surface area contributed by atoms with Crippen LogP contribution >= 0.6 is 11.3 Å². The molecule has 2 aromatic carbocycles. The lowest BCUT2D eigenvalue weighted by molar-refractivity contribution is -0.118. The summed E-state index contributed by atoms with van der Waals surface area (Å²) in [6.45, 7) is 4.38. The maximum Gasteiger partial charge on any atom is 0.248 e. The molecule has 0 saturated heterocycles. The van der Waals surface area contributed by atoms with Crippen LogP contribution < -0.4 is 9.54 Å². The Balaban J connectivity index is 1.72. The number of sulfone groups is 1. The minimum Gasteiger partial charge on any atom is -0.492 e. The van der Waals surface area contributed by atoms with Gasteiger partial charge in [0.05, 0.1) is 22.0 Å². The number of benzene rings is 2. The van der Waals surface area contributed by atoms with Crippen LogP contribution in [0.15, 0.2) is 52.4 Å². The SMILES string of the molecule is CCOc1cccc2sc(=NC(=O)CCCS(=O)(=O)c3ccc(C)cc3)n(C)c12. The summed E-state index contributed by atoms with van der Waals surface area (Å²) in [6.07, 6.45) is 0.314. The van der Waals surface area contributed by atoms with Crippen LogP contribution in [0.3, 0.4) is 0 Å². The normalized spacial score (nSPS) is 12.4. The number of aryl methyl sites for hydroxylation is 2. The minimum atomic E-state index is -3.40. The standard InChI is InChI=1S/C21H24N2O4S2/c1-4-27-17-7-5-8-18-20(17)23(3)21(28-18)22-19(24)9-6-14-29(25,26)16-12-10-15(2)11-13-16/h5,7-8,10-13H,4,6,9,14H2,1-3H3. The van der Waals surface area contributed by atoms with Gasteiger partial charge in [0.2, 0.25) is 5.91 Å². The summed E-state index contributed by atoms with van der Waals surface area (Å²) in [7, 11) is -1.56. The fourth-order valence-electron chi connectivity index (χ4n) is 2.99. The highest BCUT2D eigenvalue weighted by atomic mass is 32.2. The number of aromatic nitrogens is 1. The molecule has 0 aliphatic carbocycles. The van der Waals surface area contributed by atoms with E-state index in [1.54, 1.807) is 24.3 Å². The van der Waals surface area contributed by atoms with Crippen molar-refractivity contribution in [3.8, 4) is 5.75 Å². The highest BCUT2D eigenvalue weighted by molar-refractivity contribution is 7.91. The molecule has 0 unspecified atom stereocenters. The monoisotopic (exact) mass is 432 g/mol. The number of para-hydroxylation sites is 1. The number of thiazole rings is 1. The lowest BCUT2D eigenvalue weighted by Gasteiger charge is -2.05. The Kier molecular flexibility index (Phi) is 6.54. The molecule has 0 saturated carbocycles. The van der Waals surface area contributed by atoms with Gasteiger partial charge in [-0.25, -0.2) is 8.42 Å². The van der Waals surface area contributed by atoms with Crippen molar-refractivity contribution >= 4 is 37.3 Å². The molecule has 3 rings (SSSR count). The molecule has 0 N–H and O–H groups in total. The largest absolute Gasteiger partial charge is 0.492 e. The lowest BCUT2D eigenvalue weighted by Crippen LogP contribution is -2.14. The first-order valence-electron chi connectivity index (χ1n) is 9.40. The third kappa shape index (κ3) is 4.94. The van der Waals surface area contributed by atoms with Crippen LogP contribution in [0.5, 0.6) is 5.75 Å². The highest BCUT2D eigenvalue weighted by Gasteiger charge is 2.15. The second-order valence-electron chi connectivity index (χ2n) is 6.72. The molecule has 1 amide bonds. The zero-order valence-electron chi connectivity index (χ0n) is 16.7. The molecule has 0 bridgehead atoms. The molecule has 0 spiro atoms. The molecule has 29 heavy (non-hydrogen) atoms. The van der Waals surface area contributed by atoms with Gasteiger partial charge in [-0.05, 0) is 44.5 Å². The number of hydrogen-bond acceptors (Lipinski definition) is 5. The average Bonchev–Trinajstić information content (AvgIpc) is 2.98. The van der Waals surface area contributed by atoms with E-state index in [-0.39, 0.29) is 29.4 Å². The van der Waals surface area contributed by atoms with Crippen molar-refractivity contribution in [2.24, 2.45) is 12.0 Å². The van der Waals surface area contributed by atoms with E-state index in [1.807, 2.05) is 43.7 Å². The Morgan fingerprint density at radius 3 is 2.59 bits per heavy atom. The van der Waals surface area contributed by atoms with Gasteiger partial charge in [-0.3, -0.25) is 4.79 Å². The van der Waals surface area contributed by atoms with Gasteiger partial charge in [-0.15, -0.1) is 0 Å². The Morgan fingerprint density at radius 2 is 1.90 bits per heavy atom. The number of nitrogens with zero attached hydrogens (tertiary/aromatic N) is 2. The summed E-state index contributed by atoms with van der Waals surface area (Å²) in [5.74, 6) is 0.343. The molecule has 0 aliphatic heterocycles. The Labute approximate surface area is 174 Å². The molecule has 1 heterocycles. The fraction of sp³-hybridized carbons (Fsp3) is 0.333. The van der Waals surface area contributed by atoms with Crippen molar-refractivity contribution in [2.75, 3.05) is 12.4 Å². The summed E-state index contributed by atoms with van der Waals surface area (Å²) in [5, 5.41) is 0. The van der Waals surface area contributed by atoms with Crippen molar-refractivity contribution in [3.63, 3.8) is 0 Å². The molecule has 0 aliphatic rings. The van der Waals surface area contributed by atoms with Gasteiger partial charge < -0.3 is 9.30 Å². The van der Waals surface area contributed by atoms with E-state index < -0.39 is 9.84 Å². The molecule has 3 aromatic rings. The first-order valence-corrected chi connectivity index (χ1v) is 11.9. The molecule has 6 nitrogen and oxygen atoms in total. The van der Waals surface area contributed by atoms with Crippen molar-refractivity contribution < 1.29 is 17.9 Å². The number of rotatable bonds is 7. The van der Waals surface area contributed by atoms with E-state index in [2.05, 4.69) is 4.99 Å². The molecule has 0 fully saturated rings. The number of ether oxygens (including phenoxy) is 1. The van der Waals surface area contributed by atoms with E-state index in [0.29, 0.717) is 11.4 Å². The third-order valence-electron chi connectivity index (χ3n) is 4.49. The van der Waals surface area contributed by atoms with Gasteiger partial charge in [0.1, 0.15) is 11.3 Å². The van der Waals surface area contributed by atoms with Gasteiger partial charge in [0.25, 0.3) is 0 Å². The first-order chi connectivity index (χ1) is 13.8. The van der Waals surface area contributed by atoms with Crippen LogP contribution in [0.1, 0.15) is 25.3 Å². The van der Waals surface area contributed by atoms with Crippen LogP contribution in [-0.2, 0) is 21.7 Å². The van der Waals surface area contributed by atoms with E-state index in [0.717, 1.165) is 21.5 Å². The number of carbonyl (C=O) groups is 1. The predicted molar refractivity (Wildman–Crippen MR) is 115 cm³/mol. The molecule has 0 atom stereocenters. The van der Waals surface area contributed by atoms with Crippen molar-refractivity contribution in [3.05, 3.63) is 52.8 Å². The summed E-state index contributed by atoms with van der Waals surface area (Å²) < 4.78 is 33.3. The Bertz CT molecular complexity index is 1190. The van der Waals surface area contributed by atoms with Crippen molar-refractivity contribution in [1.82, 2.24) is 4.57 Å². The Morgan fingerprint density at radius 1 is 1.17 bits per heavy atom. The van der Waals surface area contributed by atoms with Gasteiger partial charge in [-0.2, -0.15) is 4.99 Å². The lowest BCUT2D eigenvalue weighted by atomic mass is 10.2. The van der Waals surface area contributed by atoms with Gasteiger partial charge >= 0.3 is 0 Å². The van der Waals surface area contributed by atoms with E-state index >= 15 is 0 Å². The van der Waals surface area contributed by atoms with Crippen LogP contribution in [0.4, 0.5) is 0 Å². The second-order valence-corrected chi connectivity index (χ2v) is 9.84. The topological polar surface area (TPSA) is 77.7 Å². The first kappa shape index (κ1) is 21.3. The second kappa shape index (κ2) is 8.92. The fourth-order valence-corrected chi connectivity index (χ4v) is 5.35. The molecule has 1 aromatic heterocycles. The quantitative estimate of drug-likeness (QED) is 0.571. The van der Waals surface area contributed by atoms with Gasteiger partial charge in [-0.1, -0.05) is 35.1 Å². The van der Waals surface area contributed by atoms with Crippen LogP contribution in [-0.4, -0.2) is 31.3 Å². The van der Waals surface area contributed by atoms with E-state index in [1.165, 1.54) is 11.3 Å². The zero-order chi connectivity index (χ0) is 21.0.